The second-order valence-corrected chi connectivity index (χ2v) is 4.67. The maximum Gasteiger partial charge on any atom is 0.328 e. The summed E-state index contributed by atoms with van der Waals surface area (Å²) in [6, 6.07) is 1.38. The van der Waals surface area contributed by atoms with Crippen LogP contribution in [0.2, 0.25) is 0 Å². The van der Waals surface area contributed by atoms with Gasteiger partial charge in [0.1, 0.15) is 22.4 Å². The zero-order valence-corrected chi connectivity index (χ0v) is 10.2. The van der Waals surface area contributed by atoms with Gasteiger partial charge in [-0.3, -0.25) is 9.55 Å². The van der Waals surface area contributed by atoms with Crippen molar-refractivity contribution in [1.82, 2.24) is 9.55 Å². The van der Waals surface area contributed by atoms with Gasteiger partial charge in [-0.25, -0.2) is 4.79 Å². The Balaban J connectivity index is 2.47. The van der Waals surface area contributed by atoms with Gasteiger partial charge in [0.15, 0.2) is 6.23 Å². The minimum Gasteiger partial charge on any atom is -0.394 e. The molecule has 100 valence electrons. The van der Waals surface area contributed by atoms with Gasteiger partial charge >= 0.3 is 5.69 Å². The maximum atomic E-state index is 11.8. The van der Waals surface area contributed by atoms with Crippen LogP contribution in [0.4, 0.5) is 0 Å². The highest BCUT2D eigenvalue weighted by molar-refractivity contribution is 7.71. The molecule has 18 heavy (non-hydrogen) atoms. The molecule has 1 aliphatic heterocycles. The number of nitrogens with one attached hydrogen (secondary N) is 1. The number of aliphatic hydroxyl groups is 3. The first-order valence-corrected chi connectivity index (χ1v) is 5.55. The average Bonchev–Trinajstić information content (AvgIpc) is 2.51. The summed E-state index contributed by atoms with van der Waals surface area (Å²) in [6.45, 7) is -1.69. The molecule has 0 amide bonds. The van der Waals surface area contributed by atoms with E-state index in [-0.39, 0.29) is 4.64 Å². The third kappa shape index (κ3) is 2.02. The summed E-state index contributed by atoms with van der Waals surface area (Å²) in [7, 11) is 0. The molecule has 7 nitrogen and oxygen atoms in total. The monoisotopic (exact) mass is 276 g/mol. The first-order valence-electron chi connectivity index (χ1n) is 6.15. The molecule has 1 saturated heterocycles. The van der Waals surface area contributed by atoms with E-state index in [4.69, 9.17) is 19.7 Å². The van der Waals surface area contributed by atoms with Gasteiger partial charge in [0.05, 0.1) is 9.30 Å². The molecule has 2 heterocycles. The van der Waals surface area contributed by atoms with Crippen molar-refractivity contribution in [2.75, 3.05) is 6.56 Å². The highest BCUT2D eigenvalue weighted by Gasteiger charge is 2.53. The molecular formula is C10H14N2O5S. The van der Waals surface area contributed by atoms with Crippen LogP contribution < -0.4 is 5.69 Å². The van der Waals surface area contributed by atoms with E-state index in [1.807, 2.05) is 0 Å². The van der Waals surface area contributed by atoms with Crippen molar-refractivity contribution in [3.8, 4) is 0 Å². The summed E-state index contributed by atoms with van der Waals surface area (Å²) in [5.74, 6) is 0. The minimum atomic E-state index is -2.87. The van der Waals surface area contributed by atoms with Crippen LogP contribution in [0.1, 0.15) is 15.9 Å². The number of ether oxygens (including phenoxy) is 1. The van der Waals surface area contributed by atoms with Crippen molar-refractivity contribution in [3.05, 3.63) is 27.4 Å². The van der Waals surface area contributed by atoms with E-state index in [9.17, 15) is 20.1 Å². The van der Waals surface area contributed by atoms with Crippen molar-refractivity contribution >= 4 is 12.2 Å². The molecule has 4 atom stereocenters. The number of aromatic nitrogens is 2. The Kier molecular flexibility index (Phi) is 2.74. The van der Waals surface area contributed by atoms with Crippen molar-refractivity contribution in [2.45, 2.75) is 31.0 Å². The molecule has 2 rings (SSSR count). The maximum absolute atomic E-state index is 11.8. The summed E-state index contributed by atoms with van der Waals surface area (Å²) in [5.41, 5.74) is -2.66. The summed E-state index contributed by atoms with van der Waals surface area (Å²) in [5, 5.41) is 29.5. The lowest BCUT2D eigenvalue weighted by Gasteiger charge is -2.27. The number of H-pyrrole nitrogens is 1. The van der Waals surface area contributed by atoms with Crippen LogP contribution in [0.25, 0.3) is 0 Å². The van der Waals surface area contributed by atoms with Gasteiger partial charge in [-0.15, -0.1) is 0 Å². The van der Waals surface area contributed by atoms with E-state index in [1.165, 1.54) is 19.2 Å². The minimum absolute atomic E-state index is 0.179. The molecule has 1 unspecified atom stereocenters. The van der Waals surface area contributed by atoms with Gasteiger partial charge in [0.2, 0.25) is 0 Å². The summed E-state index contributed by atoms with van der Waals surface area (Å²) < 4.78 is 20.6. The van der Waals surface area contributed by atoms with Gasteiger partial charge in [0.25, 0.3) is 0 Å². The van der Waals surface area contributed by atoms with E-state index in [1.54, 1.807) is 0 Å². The Hall–Kier alpha value is -1.06. The third-order valence-corrected chi connectivity index (χ3v) is 3.13. The quantitative estimate of drug-likeness (QED) is 0.511. The van der Waals surface area contributed by atoms with E-state index >= 15 is 0 Å². The standard InChI is InChI=1S/C10H14N2O5S/c1-10(16)7(14)5(4-13)17-8(10)12-3-2-6(18)11-9(12)15/h2-3,5,7-8,13-14,16H,4H2,1H3,(H,11,15,18)/t5-,7+,8-,10?/m1/s1/i4D2. The van der Waals surface area contributed by atoms with Gasteiger partial charge in [0, 0.05) is 6.20 Å². The van der Waals surface area contributed by atoms with Crippen LogP contribution in [0, 0.1) is 4.64 Å². The molecule has 8 heteroatoms. The number of nitrogens with zero attached hydrogens (tertiary/aromatic N) is 1. The first-order chi connectivity index (χ1) is 9.05. The molecule has 0 aliphatic carbocycles. The Morgan fingerprint density at radius 2 is 2.44 bits per heavy atom. The van der Waals surface area contributed by atoms with Crippen molar-refractivity contribution in [2.24, 2.45) is 0 Å². The number of rotatable bonds is 2. The zero-order valence-electron chi connectivity index (χ0n) is 11.4. The number of hydrogen-bond acceptors (Lipinski definition) is 6. The molecule has 0 saturated carbocycles. The fraction of sp³-hybridized carbons (Fsp3) is 0.600. The van der Waals surface area contributed by atoms with E-state index in [2.05, 4.69) is 4.98 Å². The van der Waals surface area contributed by atoms with Crippen molar-refractivity contribution < 1.29 is 22.8 Å². The number of hydrogen-bond donors (Lipinski definition) is 4. The van der Waals surface area contributed by atoms with E-state index in [0.29, 0.717) is 0 Å². The van der Waals surface area contributed by atoms with Crippen LogP contribution in [0.5, 0.6) is 0 Å². The van der Waals surface area contributed by atoms with Gasteiger partial charge < -0.3 is 20.1 Å². The lowest BCUT2D eigenvalue weighted by atomic mass is 9.96. The molecule has 1 aromatic heterocycles. The molecule has 1 aromatic rings. The third-order valence-electron chi connectivity index (χ3n) is 2.89. The van der Waals surface area contributed by atoms with Crippen molar-refractivity contribution in [3.63, 3.8) is 0 Å². The normalized spacial score (nSPS) is 38.3. The molecule has 0 spiro atoms. The Morgan fingerprint density at radius 1 is 1.78 bits per heavy atom. The van der Waals surface area contributed by atoms with Crippen LogP contribution in [-0.2, 0) is 4.74 Å². The fourth-order valence-corrected chi connectivity index (χ4v) is 2.01. The first kappa shape index (κ1) is 10.8. The highest BCUT2D eigenvalue weighted by atomic mass is 32.1. The van der Waals surface area contributed by atoms with E-state index in [0.717, 1.165) is 4.57 Å². The predicted molar refractivity (Wildman–Crippen MR) is 63.5 cm³/mol. The highest BCUT2D eigenvalue weighted by Crippen LogP contribution is 2.37. The Morgan fingerprint density at radius 3 is 2.94 bits per heavy atom. The SMILES string of the molecule is [2H]C([2H])(O)[C@H]1O[C@@H](n2ccc(=S)[nH]c2=O)C(C)(O)[C@H]1O. The largest absolute Gasteiger partial charge is 0.394 e. The molecule has 4 N–H and O–H groups in total. The van der Waals surface area contributed by atoms with Crippen LogP contribution in [0.3, 0.4) is 0 Å². The van der Waals surface area contributed by atoms with Gasteiger partial charge in [-0.2, -0.15) is 0 Å². The Labute approximate surface area is 110 Å². The lowest BCUT2D eigenvalue weighted by Crippen LogP contribution is -2.46. The summed E-state index contributed by atoms with van der Waals surface area (Å²) in [4.78, 5) is 14.1. The van der Waals surface area contributed by atoms with Gasteiger partial charge in [-0.05, 0) is 13.0 Å². The zero-order chi connectivity index (χ0) is 15.3. The van der Waals surface area contributed by atoms with Crippen LogP contribution in [0.15, 0.2) is 17.1 Å². The molecular weight excluding hydrogens is 260 g/mol. The summed E-state index contributed by atoms with van der Waals surface area (Å²) >= 11 is 4.78. The lowest BCUT2D eigenvalue weighted by molar-refractivity contribution is -0.0987. The molecule has 0 radical (unpaired) electrons. The summed E-state index contributed by atoms with van der Waals surface area (Å²) in [6.07, 6.45) is -3.54. The molecule has 1 fully saturated rings. The second-order valence-electron chi connectivity index (χ2n) is 4.23. The van der Waals surface area contributed by atoms with Crippen LogP contribution >= 0.6 is 12.2 Å². The Bertz CT molecular complexity index is 623. The smallest absolute Gasteiger partial charge is 0.328 e. The molecule has 0 aromatic carbocycles. The predicted octanol–water partition coefficient (Wildman–Crippen LogP) is -1.09. The van der Waals surface area contributed by atoms with Gasteiger partial charge in [-0.1, -0.05) is 12.2 Å². The topological polar surface area (TPSA) is 108 Å². The second kappa shape index (κ2) is 4.56. The number of aromatic amines is 1. The van der Waals surface area contributed by atoms with E-state index < -0.39 is 36.3 Å². The fourth-order valence-electron chi connectivity index (χ4n) is 1.86. The van der Waals surface area contributed by atoms with Crippen molar-refractivity contribution in [1.29, 1.82) is 0 Å². The number of aliphatic hydroxyl groups excluding tert-OH is 1. The average molecular weight is 276 g/mol. The van der Waals surface area contributed by atoms with Crippen LogP contribution in [-0.4, -0.2) is 49.2 Å². The molecule has 1 aliphatic rings. The molecule has 0 bridgehead atoms.